The number of carbonyl (C=O) groups excluding carboxylic acids is 2. The van der Waals surface area contributed by atoms with Crippen LogP contribution in [-0.2, 0) is 14.3 Å². The molecule has 1 aliphatic heterocycles. The summed E-state index contributed by atoms with van der Waals surface area (Å²) in [4.78, 5) is 25.3. The van der Waals surface area contributed by atoms with Gasteiger partial charge in [-0.1, -0.05) is 18.2 Å². The van der Waals surface area contributed by atoms with Gasteiger partial charge in [0.25, 0.3) is 5.91 Å². The van der Waals surface area contributed by atoms with Crippen molar-refractivity contribution in [1.29, 1.82) is 5.26 Å². The van der Waals surface area contributed by atoms with Gasteiger partial charge in [-0.3, -0.25) is 4.79 Å². The molecule has 19 heavy (non-hydrogen) atoms. The highest BCUT2D eigenvalue weighted by molar-refractivity contribution is 6.36. The van der Waals surface area contributed by atoms with Gasteiger partial charge < -0.3 is 9.64 Å². The molecule has 2 rings (SSSR count). The molecular weight excluding hydrogens is 244 g/mol. The summed E-state index contributed by atoms with van der Waals surface area (Å²) in [6.07, 6.45) is 0. The van der Waals surface area contributed by atoms with Gasteiger partial charge in [0.2, 0.25) is 0 Å². The van der Waals surface area contributed by atoms with Crippen molar-refractivity contribution in [2.45, 2.75) is 6.92 Å². The summed E-state index contributed by atoms with van der Waals surface area (Å²) < 4.78 is 4.82. The van der Waals surface area contributed by atoms with Gasteiger partial charge in [-0.15, -0.1) is 0 Å². The predicted molar refractivity (Wildman–Crippen MR) is 69.0 cm³/mol. The fourth-order valence-corrected chi connectivity index (χ4v) is 2.02. The van der Waals surface area contributed by atoms with Crippen LogP contribution < -0.4 is 4.90 Å². The van der Waals surface area contributed by atoms with Crippen molar-refractivity contribution in [3.8, 4) is 6.07 Å². The van der Waals surface area contributed by atoms with Crippen molar-refractivity contribution in [1.82, 2.24) is 0 Å². The molecule has 0 saturated heterocycles. The summed E-state index contributed by atoms with van der Waals surface area (Å²) in [7, 11) is 1.61. The van der Waals surface area contributed by atoms with Gasteiger partial charge >= 0.3 is 5.97 Å². The SMILES string of the molecule is CCOC(=O)/C(C#N)=C1\C(=O)N(C)c2ccccc21. The maximum Gasteiger partial charge on any atom is 0.349 e. The zero-order valence-corrected chi connectivity index (χ0v) is 10.6. The maximum atomic E-state index is 12.2. The monoisotopic (exact) mass is 256 g/mol. The van der Waals surface area contributed by atoms with Crippen LogP contribution in [0.4, 0.5) is 5.69 Å². The lowest BCUT2D eigenvalue weighted by Crippen LogP contribution is -2.22. The number of carbonyl (C=O) groups is 2. The fourth-order valence-electron chi connectivity index (χ4n) is 2.02. The second-order valence-electron chi connectivity index (χ2n) is 3.96. The number of likely N-dealkylation sites (N-methyl/N-ethyl adjacent to an activating group) is 1. The Labute approximate surface area is 110 Å². The largest absolute Gasteiger partial charge is 0.462 e. The molecule has 0 unspecified atom stereocenters. The van der Waals surface area contributed by atoms with Gasteiger partial charge in [-0.25, -0.2) is 4.79 Å². The Hall–Kier alpha value is -2.61. The summed E-state index contributed by atoms with van der Waals surface area (Å²) in [5.74, 6) is -1.13. The fraction of sp³-hybridized carbons (Fsp3) is 0.214. The highest BCUT2D eigenvalue weighted by atomic mass is 16.5. The number of esters is 1. The molecule has 0 fully saturated rings. The lowest BCUT2D eigenvalue weighted by Gasteiger charge is -2.08. The predicted octanol–water partition coefficient (Wildman–Crippen LogP) is 1.50. The number of nitrogens with zero attached hydrogens (tertiary/aromatic N) is 2. The molecule has 5 nitrogen and oxygen atoms in total. The molecule has 5 heteroatoms. The molecule has 1 aliphatic rings. The average molecular weight is 256 g/mol. The Morgan fingerprint density at radius 2 is 2.11 bits per heavy atom. The quantitative estimate of drug-likeness (QED) is 0.457. The van der Waals surface area contributed by atoms with Crippen LogP contribution in [0, 0.1) is 11.3 Å². The summed E-state index contributed by atoms with van der Waals surface area (Å²) >= 11 is 0. The van der Waals surface area contributed by atoms with Crippen LogP contribution in [0.2, 0.25) is 0 Å². The first-order chi connectivity index (χ1) is 9.11. The number of nitriles is 1. The van der Waals surface area contributed by atoms with Crippen LogP contribution in [0.1, 0.15) is 12.5 Å². The Balaban J connectivity index is 2.64. The number of ether oxygens (including phenoxy) is 1. The molecule has 0 radical (unpaired) electrons. The second kappa shape index (κ2) is 4.94. The standard InChI is InChI=1S/C14H12N2O3/c1-3-19-14(18)10(8-15)12-9-6-4-5-7-11(9)16(2)13(12)17/h4-7H,3H2,1-2H3/b12-10-. The molecule has 0 aliphatic carbocycles. The van der Waals surface area contributed by atoms with E-state index in [2.05, 4.69) is 0 Å². The van der Waals surface area contributed by atoms with Gasteiger partial charge in [0.1, 0.15) is 6.07 Å². The molecule has 0 bridgehead atoms. The average Bonchev–Trinajstić information content (AvgIpc) is 2.66. The molecule has 1 heterocycles. The highest BCUT2D eigenvalue weighted by Crippen LogP contribution is 2.37. The molecule has 0 saturated carbocycles. The first kappa shape index (κ1) is 12.8. The van der Waals surface area contributed by atoms with E-state index in [0.717, 1.165) is 0 Å². The Morgan fingerprint density at radius 3 is 2.74 bits per heavy atom. The second-order valence-corrected chi connectivity index (χ2v) is 3.96. The van der Waals surface area contributed by atoms with Crippen LogP contribution in [0.3, 0.4) is 0 Å². The highest BCUT2D eigenvalue weighted by Gasteiger charge is 2.34. The first-order valence-corrected chi connectivity index (χ1v) is 5.80. The summed E-state index contributed by atoms with van der Waals surface area (Å²) in [5.41, 5.74) is 1.13. The van der Waals surface area contributed by atoms with Gasteiger partial charge in [-0.2, -0.15) is 5.26 Å². The number of benzene rings is 1. The van der Waals surface area contributed by atoms with E-state index < -0.39 is 5.97 Å². The van der Waals surface area contributed by atoms with Gasteiger partial charge in [0.05, 0.1) is 17.9 Å². The number of anilines is 1. The molecular formula is C14H12N2O3. The smallest absolute Gasteiger partial charge is 0.349 e. The summed E-state index contributed by atoms with van der Waals surface area (Å²) in [5, 5.41) is 9.13. The molecule has 0 atom stereocenters. The molecule has 0 spiro atoms. The van der Waals surface area contributed by atoms with E-state index in [1.54, 1.807) is 44.3 Å². The van der Waals surface area contributed by atoms with Gasteiger partial charge in [-0.05, 0) is 13.0 Å². The minimum Gasteiger partial charge on any atom is -0.462 e. The van der Waals surface area contributed by atoms with Crippen LogP contribution in [0.5, 0.6) is 0 Å². The molecule has 96 valence electrons. The Morgan fingerprint density at radius 1 is 1.42 bits per heavy atom. The van der Waals surface area contributed by atoms with E-state index in [1.165, 1.54) is 4.90 Å². The van der Waals surface area contributed by atoms with Crippen molar-refractivity contribution in [3.05, 3.63) is 35.4 Å². The number of amides is 1. The van der Waals surface area contributed by atoms with Crippen LogP contribution in [-0.4, -0.2) is 25.5 Å². The van der Waals surface area contributed by atoms with Crippen molar-refractivity contribution in [2.75, 3.05) is 18.6 Å². The Bertz CT molecular complexity index is 626. The molecule has 1 amide bonds. The number of rotatable bonds is 2. The van der Waals surface area contributed by atoms with E-state index in [0.29, 0.717) is 11.3 Å². The maximum absolute atomic E-state index is 12.2. The van der Waals surface area contributed by atoms with Crippen molar-refractivity contribution in [2.24, 2.45) is 0 Å². The molecule has 0 aromatic heterocycles. The lowest BCUT2D eigenvalue weighted by atomic mass is 10.0. The van der Waals surface area contributed by atoms with Gasteiger partial charge in [0.15, 0.2) is 5.57 Å². The van der Waals surface area contributed by atoms with Gasteiger partial charge in [0, 0.05) is 12.6 Å². The minimum atomic E-state index is -0.765. The number of para-hydroxylation sites is 1. The van der Waals surface area contributed by atoms with E-state index in [9.17, 15) is 9.59 Å². The first-order valence-electron chi connectivity index (χ1n) is 5.80. The topological polar surface area (TPSA) is 70.4 Å². The zero-order valence-electron chi connectivity index (χ0n) is 10.6. The summed E-state index contributed by atoms with van der Waals surface area (Å²) in [6.45, 7) is 1.80. The van der Waals surface area contributed by atoms with Crippen molar-refractivity contribution >= 4 is 23.1 Å². The van der Waals surface area contributed by atoms with E-state index in [4.69, 9.17) is 10.00 Å². The number of fused-ring (bicyclic) bond motifs is 1. The number of hydrogen-bond donors (Lipinski definition) is 0. The lowest BCUT2D eigenvalue weighted by molar-refractivity contribution is -0.138. The third-order valence-electron chi connectivity index (χ3n) is 2.89. The zero-order chi connectivity index (χ0) is 14.0. The third kappa shape index (κ3) is 1.97. The van der Waals surface area contributed by atoms with Crippen molar-refractivity contribution < 1.29 is 14.3 Å². The molecule has 1 aromatic rings. The van der Waals surface area contributed by atoms with Crippen molar-refractivity contribution in [3.63, 3.8) is 0 Å². The normalized spacial score (nSPS) is 15.8. The minimum absolute atomic E-state index is 0.110. The molecule has 1 aromatic carbocycles. The molecule has 0 N–H and O–H groups in total. The Kier molecular flexibility index (Phi) is 3.34. The van der Waals surface area contributed by atoms with E-state index in [1.807, 2.05) is 0 Å². The summed E-state index contributed by atoms with van der Waals surface area (Å²) in [6, 6.07) is 8.80. The van der Waals surface area contributed by atoms with Crippen LogP contribution in [0.15, 0.2) is 29.8 Å². The van der Waals surface area contributed by atoms with Crippen LogP contribution >= 0.6 is 0 Å². The van der Waals surface area contributed by atoms with E-state index in [-0.39, 0.29) is 23.7 Å². The van der Waals surface area contributed by atoms with E-state index >= 15 is 0 Å². The van der Waals surface area contributed by atoms with Crippen LogP contribution in [0.25, 0.3) is 5.57 Å². The number of hydrogen-bond acceptors (Lipinski definition) is 4. The third-order valence-corrected chi connectivity index (χ3v) is 2.89.